The molecular formula is C9H17F2NO. The summed E-state index contributed by atoms with van der Waals surface area (Å²) in [5, 5.41) is 8.73. The fraction of sp³-hybridized carbons (Fsp3) is 0.778. The monoisotopic (exact) mass is 193 g/mol. The summed E-state index contributed by atoms with van der Waals surface area (Å²) in [6.07, 6.45) is -0.172. The van der Waals surface area contributed by atoms with E-state index in [9.17, 15) is 8.78 Å². The zero-order valence-corrected chi connectivity index (χ0v) is 8.19. The molecule has 2 nitrogen and oxygen atoms in total. The molecule has 0 amide bonds. The topological polar surface area (TPSA) is 23.5 Å². The quantitative estimate of drug-likeness (QED) is 0.684. The summed E-state index contributed by atoms with van der Waals surface area (Å²) >= 11 is 0. The van der Waals surface area contributed by atoms with E-state index in [1.54, 1.807) is 19.0 Å². The van der Waals surface area contributed by atoms with Gasteiger partial charge in [0.2, 0.25) is 0 Å². The molecule has 1 rings (SSSR count). The normalized spacial score (nSPS) is 29.4. The number of alkyl halides is 2. The van der Waals surface area contributed by atoms with Crippen LogP contribution in [0.25, 0.3) is 0 Å². The average molecular weight is 193 g/mol. The van der Waals surface area contributed by atoms with E-state index < -0.39 is 17.9 Å². The first kappa shape index (κ1) is 12.5. The van der Waals surface area contributed by atoms with E-state index in [0.29, 0.717) is 0 Å². The summed E-state index contributed by atoms with van der Waals surface area (Å²) in [6, 6.07) is 0. The van der Waals surface area contributed by atoms with Crippen LogP contribution in [0, 0.1) is 5.41 Å². The highest BCUT2D eigenvalue weighted by Crippen LogP contribution is 2.60. The molecule has 0 unspecified atom stereocenters. The summed E-state index contributed by atoms with van der Waals surface area (Å²) in [6.45, 7) is 5.84. The molecule has 13 heavy (non-hydrogen) atoms. The van der Waals surface area contributed by atoms with Crippen molar-refractivity contribution < 1.29 is 13.9 Å². The summed E-state index contributed by atoms with van der Waals surface area (Å²) < 4.78 is 25.3. The van der Waals surface area contributed by atoms with Gasteiger partial charge in [0.25, 0.3) is 5.92 Å². The van der Waals surface area contributed by atoms with Crippen molar-refractivity contribution in [2.45, 2.75) is 12.3 Å². The number of hydrogen-bond donors (Lipinski definition) is 1. The second kappa shape index (κ2) is 4.15. The Bertz CT molecular complexity index is 173. The van der Waals surface area contributed by atoms with Gasteiger partial charge in [-0.15, -0.1) is 13.2 Å². The predicted octanol–water partition coefficient (Wildman–Crippen LogP) is 1.37. The highest BCUT2D eigenvalue weighted by Gasteiger charge is 2.70. The van der Waals surface area contributed by atoms with Crippen molar-refractivity contribution in [1.82, 2.24) is 4.90 Å². The van der Waals surface area contributed by atoms with Crippen LogP contribution < -0.4 is 0 Å². The lowest BCUT2D eigenvalue weighted by molar-refractivity contribution is 0.0252. The molecule has 1 aliphatic carbocycles. The maximum atomic E-state index is 12.6. The Morgan fingerprint density at radius 2 is 1.77 bits per heavy atom. The Balaban J connectivity index is 0.000000671. The molecule has 0 radical (unpaired) electrons. The standard InChI is InChI=1S/C7H13F2NO.C2H4/c1-10(2)4-6(5-11)3-7(6,8)9;1-2/h11H,3-5H2,1-2H3;1-2H2/t6-;/m0./s1. The number of rotatable bonds is 3. The van der Waals surface area contributed by atoms with Crippen LogP contribution in [0.2, 0.25) is 0 Å². The molecule has 0 heterocycles. The Kier molecular flexibility index (Phi) is 4.00. The molecule has 1 saturated carbocycles. The van der Waals surface area contributed by atoms with Crippen molar-refractivity contribution in [3.63, 3.8) is 0 Å². The van der Waals surface area contributed by atoms with Gasteiger partial charge in [0.1, 0.15) is 0 Å². The first-order valence-corrected chi connectivity index (χ1v) is 4.07. The van der Waals surface area contributed by atoms with Crippen LogP contribution >= 0.6 is 0 Å². The second-order valence-electron chi connectivity index (χ2n) is 3.56. The van der Waals surface area contributed by atoms with E-state index in [4.69, 9.17) is 5.11 Å². The molecule has 1 aliphatic rings. The summed E-state index contributed by atoms with van der Waals surface area (Å²) in [4.78, 5) is 1.68. The van der Waals surface area contributed by atoms with Gasteiger partial charge in [-0.25, -0.2) is 8.78 Å². The molecule has 0 aliphatic heterocycles. The zero-order valence-electron chi connectivity index (χ0n) is 8.19. The van der Waals surface area contributed by atoms with Crippen LogP contribution in [0.4, 0.5) is 8.78 Å². The number of aliphatic hydroxyl groups excluding tert-OH is 1. The molecule has 0 bridgehead atoms. The third kappa shape index (κ3) is 2.48. The van der Waals surface area contributed by atoms with E-state index in [1.165, 1.54) is 0 Å². The molecular weight excluding hydrogens is 176 g/mol. The largest absolute Gasteiger partial charge is 0.396 e. The van der Waals surface area contributed by atoms with Gasteiger partial charge in [0.15, 0.2) is 0 Å². The fourth-order valence-corrected chi connectivity index (χ4v) is 1.38. The SMILES string of the molecule is C=C.CN(C)C[C@]1(CO)CC1(F)F. The Morgan fingerprint density at radius 1 is 1.38 bits per heavy atom. The minimum atomic E-state index is -2.65. The predicted molar refractivity (Wildman–Crippen MR) is 48.9 cm³/mol. The van der Waals surface area contributed by atoms with Crippen LogP contribution in [-0.4, -0.2) is 43.2 Å². The molecule has 0 spiro atoms. The van der Waals surface area contributed by atoms with Gasteiger partial charge in [-0.1, -0.05) is 0 Å². The van der Waals surface area contributed by atoms with Crippen molar-refractivity contribution in [3.8, 4) is 0 Å². The minimum Gasteiger partial charge on any atom is -0.396 e. The van der Waals surface area contributed by atoms with Gasteiger partial charge < -0.3 is 10.0 Å². The van der Waals surface area contributed by atoms with Gasteiger partial charge in [-0.05, 0) is 14.1 Å². The molecule has 0 aromatic heterocycles. The summed E-state index contributed by atoms with van der Waals surface area (Å²) in [7, 11) is 3.46. The van der Waals surface area contributed by atoms with Crippen LogP contribution in [0.3, 0.4) is 0 Å². The number of hydrogen-bond acceptors (Lipinski definition) is 2. The van der Waals surface area contributed by atoms with Gasteiger partial charge >= 0.3 is 0 Å². The smallest absolute Gasteiger partial charge is 0.258 e. The van der Waals surface area contributed by atoms with Gasteiger partial charge in [-0.2, -0.15) is 0 Å². The molecule has 0 aromatic rings. The molecule has 0 saturated heterocycles. The van der Waals surface area contributed by atoms with Gasteiger partial charge in [-0.3, -0.25) is 0 Å². The van der Waals surface area contributed by atoms with Crippen molar-refractivity contribution >= 4 is 0 Å². The lowest BCUT2D eigenvalue weighted by Crippen LogP contribution is -2.30. The van der Waals surface area contributed by atoms with Crippen molar-refractivity contribution in [3.05, 3.63) is 13.2 Å². The maximum absolute atomic E-state index is 12.6. The molecule has 1 atom stereocenters. The second-order valence-corrected chi connectivity index (χ2v) is 3.56. The highest BCUT2D eigenvalue weighted by molar-refractivity contribution is 5.10. The fourth-order valence-electron chi connectivity index (χ4n) is 1.38. The first-order valence-electron chi connectivity index (χ1n) is 4.07. The molecule has 4 heteroatoms. The maximum Gasteiger partial charge on any atom is 0.258 e. The number of halogens is 2. The van der Waals surface area contributed by atoms with Crippen LogP contribution in [0.15, 0.2) is 13.2 Å². The Morgan fingerprint density at radius 3 is 1.85 bits per heavy atom. The molecule has 1 N–H and O–H groups in total. The lowest BCUT2D eigenvalue weighted by atomic mass is 10.1. The molecule has 1 fully saturated rings. The average Bonchev–Trinajstić information content (AvgIpc) is 2.57. The van der Waals surface area contributed by atoms with E-state index in [0.717, 1.165) is 0 Å². The summed E-state index contributed by atoms with van der Waals surface area (Å²) in [5.41, 5.74) is -1.14. The van der Waals surface area contributed by atoms with Crippen LogP contribution in [0.5, 0.6) is 0 Å². The van der Waals surface area contributed by atoms with Crippen LogP contribution in [0.1, 0.15) is 6.42 Å². The van der Waals surface area contributed by atoms with Crippen molar-refractivity contribution in [1.29, 1.82) is 0 Å². The van der Waals surface area contributed by atoms with E-state index >= 15 is 0 Å². The highest BCUT2D eigenvalue weighted by atomic mass is 19.3. The van der Waals surface area contributed by atoms with E-state index in [-0.39, 0.29) is 13.0 Å². The van der Waals surface area contributed by atoms with Gasteiger partial charge in [0.05, 0.1) is 12.0 Å². The third-order valence-corrected chi connectivity index (χ3v) is 2.13. The minimum absolute atomic E-state index is 0.172. The number of aliphatic hydroxyl groups is 1. The molecule has 0 aromatic carbocycles. The Hall–Kier alpha value is -0.480. The van der Waals surface area contributed by atoms with Crippen molar-refractivity contribution in [2.24, 2.45) is 5.41 Å². The summed E-state index contributed by atoms with van der Waals surface area (Å²) in [5.74, 6) is -2.65. The van der Waals surface area contributed by atoms with Crippen LogP contribution in [-0.2, 0) is 0 Å². The molecule has 78 valence electrons. The lowest BCUT2D eigenvalue weighted by Gasteiger charge is -2.17. The number of nitrogens with zero attached hydrogens (tertiary/aromatic N) is 1. The first-order chi connectivity index (χ1) is 5.93. The zero-order chi connectivity index (χ0) is 10.7. The van der Waals surface area contributed by atoms with E-state index in [1.807, 2.05) is 0 Å². The Labute approximate surface area is 77.9 Å². The van der Waals surface area contributed by atoms with Gasteiger partial charge in [0, 0.05) is 13.0 Å². The van der Waals surface area contributed by atoms with Crippen molar-refractivity contribution in [2.75, 3.05) is 27.2 Å². The third-order valence-electron chi connectivity index (χ3n) is 2.13. The van der Waals surface area contributed by atoms with E-state index in [2.05, 4.69) is 13.2 Å².